The maximum absolute atomic E-state index is 12.3. The molecule has 5 rings (SSSR count). The summed E-state index contributed by atoms with van der Waals surface area (Å²) in [5.74, 6) is -1.38. The Bertz CT molecular complexity index is 1560. The molecular weight excluding hydrogens is 544 g/mol. The number of fused-ring (bicyclic) bond motifs is 1. The van der Waals surface area contributed by atoms with Gasteiger partial charge >= 0.3 is 5.97 Å². The quantitative estimate of drug-likeness (QED) is 0.188. The fourth-order valence-electron chi connectivity index (χ4n) is 5.44. The van der Waals surface area contributed by atoms with Crippen LogP contribution in [0.1, 0.15) is 66.9 Å². The third-order valence-corrected chi connectivity index (χ3v) is 8.03. The van der Waals surface area contributed by atoms with Gasteiger partial charge in [-0.1, -0.05) is 72.8 Å². The molecule has 0 bridgehead atoms. The minimum absolute atomic E-state index is 0.0252. The normalized spacial score (nSPS) is 19.3. The van der Waals surface area contributed by atoms with E-state index < -0.39 is 12.3 Å². The summed E-state index contributed by atoms with van der Waals surface area (Å²) in [5.41, 5.74) is 4.36. The van der Waals surface area contributed by atoms with Crippen molar-refractivity contribution in [1.29, 1.82) is 0 Å². The van der Waals surface area contributed by atoms with Crippen LogP contribution in [0.4, 0.5) is 5.69 Å². The van der Waals surface area contributed by atoms with Gasteiger partial charge in [0.05, 0.1) is 25.2 Å². The van der Waals surface area contributed by atoms with Crippen molar-refractivity contribution in [2.75, 3.05) is 18.9 Å². The number of carboxylic acids is 1. The first-order chi connectivity index (χ1) is 20.8. The van der Waals surface area contributed by atoms with Crippen LogP contribution in [0.5, 0.6) is 0 Å². The van der Waals surface area contributed by atoms with E-state index in [2.05, 4.69) is 60.6 Å². The Morgan fingerprint density at radius 2 is 1.67 bits per heavy atom. The van der Waals surface area contributed by atoms with Crippen molar-refractivity contribution >= 4 is 28.3 Å². The number of amides is 1. The molecule has 0 aromatic heterocycles. The molecule has 0 radical (unpaired) electrons. The standard InChI is InChI=1S/C35H38N2O6/c1-23(27-15-14-25-6-3-4-7-28(25)18-27)37(2)21-31-20-32(26-12-10-24(22-38)11-13-26)43-35(42-31)29-8-5-9-30(19-29)36-33(39)16-17-34(40)41/h3-15,18-19,23,31-32,35,38H,16-17,20-22H2,1-2H3,(H,36,39)(H,40,41)/t23-,31-,32+,35+/m1/s1. The van der Waals surface area contributed by atoms with Crippen LogP contribution in [0.25, 0.3) is 10.8 Å². The SMILES string of the molecule is C[C@H](c1ccc2ccccc2c1)N(C)C[C@H]1C[C@@H](c2ccc(CO)cc2)O[C@@H](c2cccc(NC(=O)CCC(=O)O)c2)O1. The van der Waals surface area contributed by atoms with Gasteiger partial charge in [-0.2, -0.15) is 0 Å². The molecule has 1 aliphatic rings. The van der Waals surface area contributed by atoms with E-state index in [-0.39, 0.29) is 43.6 Å². The van der Waals surface area contributed by atoms with Crippen LogP contribution in [0.2, 0.25) is 0 Å². The second-order valence-electron chi connectivity index (χ2n) is 11.1. The summed E-state index contributed by atoms with van der Waals surface area (Å²) in [7, 11) is 2.10. The molecule has 1 aliphatic heterocycles. The number of hydrogen-bond donors (Lipinski definition) is 3. The van der Waals surface area contributed by atoms with Crippen molar-refractivity contribution in [2.24, 2.45) is 0 Å². The van der Waals surface area contributed by atoms with Crippen LogP contribution < -0.4 is 5.32 Å². The number of anilines is 1. The third kappa shape index (κ3) is 7.86. The lowest BCUT2D eigenvalue weighted by Gasteiger charge is -2.39. The Labute approximate surface area is 251 Å². The van der Waals surface area contributed by atoms with E-state index in [0.29, 0.717) is 18.7 Å². The van der Waals surface area contributed by atoms with Crippen molar-refractivity contribution in [2.45, 2.75) is 57.3 Å². The lowest BCUT2D eigenvalue weighted by Crippen LogP contribution is -2.38. The van der Waals surface area contributed by atoms with Gasteiger partial charge in [0, 0.05) is 36.7 Å². The third-order valence-electron chi connectivity index (χ3n) is 8.03. The van der Waals surface area contributed by atoms with E-state index in [1.807, 2.05) is 42.5 Å². The zero-order chi connectivity index (χ0) is 30.3. The lowest BCUT2D eigenvalue weighted by atomic mass is 9.98. The highest BCUT2D eigenvalue weighted by molar-refractivity contribution is 5.92. The molecule has 4 aromatic carbocycles. The van der Waals surface area contributed by atoms with Gasteiger partial charge in [0.2, 0.25) is 5.91 Å². The molecule has 8 heteroatoms. The monoisotopic (exact) mass is 582 g/mol. The molecule has 8 nitrogen and oxygen atoms in total. The Balaban J connectivity index is 1.34. The van der Waals surface area contributed by atoms with E-state index >= 15 is 0 Å². The smallest absolute Gasteiger partial charge is 0.303 e. The molecule has 1 fully saturated rings. The van der Waals surface area contributed by atoms with Crippen molar-refractivity contribution in [3.63, 3.8) is 0 Å². The maximum Gasteiger partial charge on any atom is 0.303 e. The molecule has 1 heterocycles. The highest BCUT2D eigenvalue weighted by atomic mass is 16.7. The summed E-state index contributed by atoms with van der Waals surface area (Å²) in [6.45, 7) is 2.84. The number of likely N-dealkylation sites (N-methyl/N-ethyl adjacent to an activating group) is 1. The number of aliphatic carboxylic acids is 1. The number of aliphatic hydroxyl groups excluding tert-OH is 1. The molecule has 0 aliphatic carbocycles. The highest BCUT2D eigenvalue weighted by Gasteiger charge is 2.33. The second kappa shape index (κ2) is 13.9. The lowest BCUT2D eigenvalue weighted by molar-refractivity contribution is -0.253. The fraction of sp³-hybridized carbons (Fsp3) is 0.314. The van der Waals surface area contributed by atoms with E-state index in [1.54, 1.807) is 12.1 Å². The number of carbonyl (C=O) groups excluding carboxylic acids is 1. The number of nitrogens with one attached hydrogen (secondary N) is 1. The van der Waals surface area contributed by atoms with Gasteiger partial charge in [-0.25, -0.2) is 0 Å². The first kappa shape index (κ1) is 30.4. The predicted octanol–water partition coefficient (Wildman–Crippen LogP) is 6.37. The van der Waals surface area contributed by atoms with Crippen molar-refractivity contribution in [3.8, 4) is 0 Å². The predicted molar refractivity (Wildman–Crippen MR) is 165 cm³/mol. The second-order valence-corrected chi connectivity index (χ2v) is 11.1. The Kier molecular flexibility index (Phi) is 9.84. The van der Waals surface area contributed by atoms with Gasteiger partial charge in [-0.15, -0.1) is 0 Å². The average molecular weight is 583 g/mol. The number of rotatable bonds is 11. The number of carbonyl (C=O) groups is 2. The molecule has 1 saturated heterocycles. The van der Waals surface area contributed by atoms with Gasteiger partial charge < -0.3 is 25.0 Å². The molecule has 0 spiro atoms. The first-order valence-electron chi connectivity index (χ1n) is 14.6. The molecular formula is C35H38N2O6. The number of nitrogens with zero attached hydrogens (tertiary/aromatic N) is 1. The largest absolute Gasteiger partial charge is 0.481 e. The molecule has 224 valence electrons. The average Bonchev–Trinajstić information content (AvgIpc) is 3.03. The molecule has 4 aromatic rings. The topological polar surface area (TPSA) is 108 Å². The molecule has 0 saturated carbocycles. The fourth-order valence-corrected chi connectivity index (χ4v) is 5.44. The van der Waals surface area contributed by atoms with Gasteiger partial charge in [0.1, 0.15) is 0 Å². The Morgan fingerprint density at radius 1 is 0.907 bits per heavy atom. The molecule has 1 amide bonds. The summed E-state index contributed by atoms with van der Waals surface area (Å²) >= 11 is 0. The van der Waals surface area contributed by atoms with Crippen LogP contribution >= 0.6 is 0 Å². The van der Waals surface area contributed by atoms with E-state index in [0.717, 1.165) is 16.7 Å². The van der Waals surface area contributed by atoms with Gasteiger partial charge in [0.15, 0.2) is 6.29 Å². The van der Waals surface area contributed by atoms with Gasteiger partial charge in [-0.3, -0.25) is 14.5 Å². The van der Waals surface area contributed by atoms with Crippen LogP contribution in [0.15, 0.2) is 91.0 Å². The minimum atomic E-state index is -1.02. The molecule has 3 N–H and O–H groups in total. The number of ether oxygens (including phenoxy) is 2. The number of benzene rings is 4. The Morgan fingerprint density at radius 3 is 2.42 bits per heavy atom. The summed E-state index contributed by atoms with van der Waals surface area (Å²) in [4.78, 5) is 25.4. The van der Waals surface area contributed by atoms with Crippen molar-refractivity contribution < 1.29 is 29.3 Å². The molecule has 43 heavy (non-hydrogen) atoms. The highest BCUT2D eigenvalue weighted by Crippen LogP contribution is 2.39. The van der Waals surface area contributed by atoms with Gasteiger partial charge in [0.25, 0.3) is 0 Å². The van der Waals surface area contributed by atoms with Crippen molar-refractivity contribution in [3.05, 3.63) is 113 Å². The van der Waals surface area contributed by atoms with Crippen molar-refractivity contribution in [1.82, 2.24) is 4.90 Å². The summed E-state index contributed by atoms with van der Waals surface area (Å²) < 4.78 is 13.0. The number of hydrogen-bond acceptors (Lipinski definition) is 6. The molecule has 4 atom stereocenters. The minimum Gasteiger partial charge on any atom is -0.481 e. The maximum atomic E-state index is 12.3. The first-order valence-corrected chi connectivity index (χ1v) is 14.6. The zero-order valence-corrected chi connectivity index (χ0v) is 24.5. The number of carboxylic acid groups (broad SMARTS) is 1. The Hall–Kier alpha value is -4.08. The van der Waals surface area contributed by atoms with Crippen LogP contribution in [-0.2, 0) is 25.7 Å². The number of aliphatic hydroxyl groups is 1. The summed E-state index contributed by atoms with van der Waals surface area (Å²) in [6, 6.07) is 30.1. The van der Waals surface area contributed by atoms with Crippen LogP contribution in [-0.4, -0.2) is 46.7 Å². The summed E-state index contributed by atoms with van der Waals surface area (Å²) in [6.07, 6.45) is -0.760. The summed E-state index contributed by atoms with van der Waals surface area (Å²) in [5, 5.41) is 23.6. The van der Waals surface area contributed by atoms with Gasteiger partial charge in [-0.05, 0) is 59.6 Å². The van der Waals surface area contributed by atoms with E-state index in [4.69, 9.17) is 14.6 Å². The van der Waals surface area contributed by atoms with E-state index in [1.165, 1.54) is 16.3 Å². The van der Waals surface area contributed by atoms with E-state index in [9.17, 15) is 14.7 Å². The molecule has 0 unspecified atom stereocenters. The van der Waals surface area contributed by atoms with Crippen LogP contribution in [0.3, 0.4) is 0 Å². The zero-order valence-electron chi connectivity index (χ0n) is 24.5. The van der Waals surface area contributed by atoms with Crippen LogP contribution in [0, 0.1) is 0 Å².